The Hall–Kier alpha value is -0.870. The topological polar surface area (TPSA) is 47.1 Å². The highest BCUT2D eigenvalue weighted by atomic mass is 15.1. The zero-order chi connectivity index (χ0) is 8.97. The predicted octanol–water partition coefficient (Wildman–Crippen LogP) is -0.0966. The lowest BCUT2D eigenvalue weighted by molar-refractivity contribution is 0.387. The van der Waals surface area contributed by atoms with Crippen molar-refractivity contribution in [2.45, 2.75) is 13.1 Å². The fourth-order valence-electron chi connectivity index (χ4n) is 1.14. The molecule has 0 unspecified atom stereocenters. The van der Waals surface area contributed by atoms with Gasteiger partial charge >= 0.3 is 0 Å². The summed E-state index contributed by atoms with van der Waals surface area (Å²) in [6, 6.07) is 0. The first kappa shape index (κ1) is 9.22. The molecule has 1 rings (SSSR count). The van der Waals surface area contributed by atoms with Gasteiger partial charge in [-0.05, 0) is 14.1 Å². The van der Waals surface area contributed by atoms with Crippen LogP contribution in [0, 0.1) is 0 Å². The Morgan fingerprint density at radius 2 is 2.33 bits per heavy atom. The third-order valence-electron chi connectivity index (χ3n) is 1.65. The molecule has 0 radical (unpaired) electrons. The number of hydrogen-bond acceptors (Lipinski definition) is 3. The quantitative estimate of drug-likeness (QED) is 0.683. The van der Waals surface area contributed by atoms with E-state index in [4.69, 9.17) is 5.73 Å². The van der Waals surface area contributed by atoms with Gasteiger partial charge in [-0.25, -0.2) is 4.98 Å². The maximum atomic E-state index is 5.46. The van der Waals surface area contributed by atoms with Gasteiger partial charge < -0.3 is 15.2 Å². The molecule has 0 atom stereocenters. The highest BCUT2D eigenvalue weighted by Gasteiger charge is 2.01. The van der Waals surface area contributed by atoms with E-state index in [-0.39, 0.29) is 0 Å². The smallest absolute Gasteiger partial charge is 0.0949 e. The van der Waals surface area contributed by atoms with Gasteiger partial charge in [0.1, 0.15) is 0 Å². The lowest BCUT2D eigenvalue weighted by atomic mass is 10.4. The largest absolute Gasteiger partial charge is 0.332 e. The van der Waals surface area contributed by atoms with Crippen molar-refractivity contribution in [1.82, 2.24) is 14.5 Å². The predicted molar refractivity (Wildman–Crippen MR) is 48.7 cm³/mol. The van der Waals surface area contributed by atoms with Crippen molar-refractivity contribution in [2.24, 2.45) is 5.73 Å². The summed E-state index contributed by atoms with van der Waals surface area (Å²) in [6.45, 7) is 2.43. The minimum atomic E-state index is 0.663. The minimum Gasteiger partial charge on any atom is -0.332 e. The molecule has 0 aliphatic heterocycles. The lowest BCUT2D eigenvalue weighted by Crippen LogP contribution is -2.17. The van der Waals surface area contributed by atoms with Crippen LogP contribution in [0.5, 0.6) is 0 Å². The molecule has 0 fully saturated rings. The van der Waals surface area contributed by atoms with E-state index in [1.54, 1.807) is 0 Å². The van der Waals surface area contributed by atoms with E-state index in [0.717, 1.165) is 13.1 Å². The summed E-state index contributed by atoms with van der Waals surface area (Å²) in [5.41, 5.74) is 6.67. The monoisotopic (exact) mass is 168 g/mol. The molecular weight excluding hydrogens is 152 g/mol. The molecule has 12 heavy (non-hydrogen) atoms. The van der Waals surface area contributed by atoms with E-state index in [1.807, 2.05) is 26.6 Å². The van der Waals surface area contributed by atoms with Gasteiger partial charge in [0.05, 0.1) is 12.0 Å². The molecular formula is C8H16N4. The van der Waals surface area contributed by atoms with E-state index in [1.165, 1.54) is 5.69 Å². The van der Waals surface area contributed by atoms with Gasteiger partial charge in [-0.15, -0.1) is 0 Å². The molecule has 0 aliphatic rings. The van der Waals surface area contributed by atoms with E-state index in [2.05, 4.69) is 14.5 Å². The average molecular weight is 168 g/mol. The Bertz CT molecular complexity index is 229. The molecule has 0 aromatic carbocycles. The second kappa shape index (κ2) is 4.23. The van der Waals surface area contributed by atoms with Crippen LogP contribution < -0.4 is 5.73 Å². The van der Waals surface area contributed by atoms with Crippen LogP contribution in [-0.4, -0.2) is 35.1 Å². The summed E-state index contributed by atoms with van der Waals surface area (Å²) in [4.78, 5) is 6.19. The summed E-state index contributed by atoms with van der Waals surface area (Å²) in [5.74, 6) is 0. The van der Waals surface area contributed by atoms with Gasteiger partial charge in [0, 0.05) is 25.8 Å². The number of aromatic nitrogens is 2. The van der Waals surface area contributed by atoms with Crippen LogP contribution in [0.1, 0.15) is 5.69 Å². The second-order valence-corrected chi connectivity index (χ2v) is 3.10. The number of nitrogens with zero attached hydrogens (tertiary/aromatic N) is 3. The van der Waals surface area contributed by atoms with Crippen molar-refractivity contribution in [1.29, 1.82) is 0 Å². The van der Waals surface area contributed by atoms with Gasteiger partial charge in [0.25, 0.3) is 0 Å². The van der Waals surface area contributed by atoms with E-state index < -0.39 is 0 Å². The van der Waals surface area contributed by atoms with Crippen LogP contribution >= 0.6 is 0 Å². The Kier molecular flexibility index (Phi) is 3.25. The molecule has 1 aromatic heterocycles. The third kappa shape index (κ3) is 2.32. The lowest BCUT2D eigenvalue weighted by Gasteiger charge is -2.11. The molecule has 2 N–H and O–H groups in total. The molecule has 4 heteroatoms. The Labute approximate surface area is 73.0 Å². The van der Waals surface area contributed by atoms with Crippen LogP contribution in [0.3, 0.4) is 0 Å². The second-order valence-electron chi connectivity index (χ2n) is 3.10. The number of imidazole rings is 1. The van der Waals surface area contributed by atoms with Crippen LogP contribution in [0.2, 0.25) is 0 Å². The first-order valence-electron chi connectivity index (χ1n) is 4.08. The SMILES string of the molecule is CN(C)Cc1cncn1CCN. The van der Waals surface area contributed by atoms with Crippen molar-refractivity contribution in [2.75, 3.05) is 20.6 Å². The summed E-state index contributed by atoms with van der Waals surface area (Å²) in [6.07, 6.45) is 3.71. The molecule has 4 nitrogen and oxygen atoms in total. The number of nitrogens with two attached hydrogens (primary N) is 1. The molecule has 0 amide bonds. The first-order valence-corrected chi connectivity index (χ1v) is 4.08. The van der Waals surface area contributed by atoms with Crippen LogP contribution in [0.4, 0.5) is 0 Å². The summed E-state index contributed by atoms with van der Waals surface area (Å²) in [7, 11) is 4.08. The number of hydrogen-bond donors (Lipinski definition) is 1. The average Bonchev–Trinajstić information content (AvgIpc) is 2.37. The van der Waals surface area contributed by atoms with E-state index in [0.29, 0.717) is 6.54 Å². The number of rotatable bonds is 4. The molecule has 0 saturated carbocycles. The van der Waals surface area contributed by atoms with E-state index in [9.17, 15) is 0 Å². The van der Waals surface area contributed by atoms with Crippen molar-refractivity contribution < 1.29 is 0 Å². The fraction of sp³-hybridized carbons (Fsp3) is 0.625. The molecule has 1 heterocycles. The molecule has 0 aliphatic carbocycles. The maximum absolute atomic E-state index is 5.46. The third-order valence-corrected chi connectivity index (χ3v) is 1.65. The van der Waals surface area contributed by atoms with Gasteiger partial charge in [0.2, 0.25) is 0 Å². The molecule has 0 bridgehead atoms. The summed E-state index contributed by atoms with van der Waals surface area (Å²) < 4.78 is 2.08. The Morgan fingerprint density at radius 1 is 1.58 bits per heavy atom. The van der Waals surface area contributed by atoms with Crippen molar-refractivity contribution >= 4 is 0 Å². The van der Waals surface area contributed by atoms with Crippen LogP contribution in [0.25, 0.3) is 0 Å². The van der Waals surface area contributed by atoms with Crippen LogP contribution in [-0.2, 0) is 13.1 Å². The van der Waals surface area contributed by atoms with Gasteiger partial charge in [-0.2, -0.15) is 0 Å². The van der Waals surface area contributed by atoms with Crippen molar-refractivity contribution in [3.05, 3.63) is 18.2 Å². The maximum Gasteiger partial charge on any atom is 0.0949 e. The highest BCUT2D eigenvalue weighted by molar-refractivity contribution is 4.97. The van der Waals surface area contributed by atoms with Crippen molar-refractivity contribution in [3.8, 4) is 0 Å². The molecule has 68 valence electrons. The van der Waals surface area contributed by atoms with Gasteiger partial charge in [-0.3, -0.25) is 0 Å². The normalized spacial score (nSPS) is 11.0. The zero-order valence-corrected chi connectivity index (χ0v) is 7.70. The van der Waals surface area contributed by atoms with Gasteiger partial charge in [-0.1, -0.05) is 0 Å². The minimum absolute atomic E-state index is 0.663. The van der Waals surface area contributed by atoms with E-state index >= 15 is 0 Å². The summed E-state index contributed by atoms with van der Waals surface area (Å²) >= 11 is 0. The Balaban J connectivity index is 2.63. The van der Waals surface area contributed by atoms with Crippen molar-refractivity contribution in [3.63, 3.8) is 0 Å². The molecule has 1 aromatic rings. The molecule has 0 saturated heterocycles. The fourth-order valence-corrected chi connectivity index (χ4v) is 1.14. The Morgan fingerprint density at radius 3 is 2.92 bits per heavy atom. The highest BCUT2D eigenvalue weighted by Crippen LogP contribution is 2.00. The summed E-state index contributed by atoms with van der Waals surface area (Å²) in [5, 5.41) is 0. The molecule has 0 spiro atoms. The first-order chi connectivity index (χ1) is 5.74. The van der Waals surface area contributed by atoms with Gasteiger partial charge in [0.15, 0.2) is 0 Å². The van der Waals surface area contributed by atoms with Crippen LogP contribution in [0.15, 0.2) is 12.5 Å². The standard InChI is InChI=1S/C8H16N4/c1-11(2)6-8-5-10-7-12(8)4-3-9/h5,7H,3-4,6,9H2,1-2H3. The zero-order valence-electron chi connectivity index (χ0n) is 7.70.